The Kier molecular flexibility index (Phi) is 4.88. The predicted octanol–water partition coefficient (Wildman–Crippen LogP) is 3.09. The quantitative estimate of drug-likeness (QED) is 0.836. The van der Waals surface area contributed by atoms with E-state index in [0.29, 0.717) is 18.9 Å². The zero-order valence-electron chi connectivity index (χ0n) is 15.5. The Hall–Kier alpha value is -2.04. The summed E-state index contributed by atoms with van der Waals surface area (Å²) in [5.74, 6) is 2.28. The number of ether oxygens (including phenoxy) is 1. The Labute approximate surface area is 155 Å². The number of carbonyl (C=O) groups excluding carboxylic acids is 2. The first-order chi connectivity index (χ1) is 12.7. The average Bonchev–Trinajstić information content (AvgIpc) is 3.08. The number of benzene rings is 1. The Morgan fingerprint density at radius 3 is 2.50 bits per heavy atom. The zero-order valence-corrected chi connectivity index (χ0v) is 15.5. The van der Waals surface area contributed by atoms with E-state index >= 15 is 0 Å². The molecular weight excluding hydrogens is 328 g/mol. The van der Waals surface area contributed by atoms with Crippen LogP contribution in [0.5, 0.6) is 5.75 Å². The Bertz CT molecular complexity index is 672. The first-order valence-electron chi connectivity index (χ1n) is 9.89. The van der Waals surface area contributed by atoms with Crippen LogP contribution in [0.2, 0.25) is 0 Å². The topological polar surface area (TPSA) is 49.9 Å². The minimum Gasteiger partial charge on any atom is -0.497 e. The number of rotatable bonds is 3. The van der Waals surface area contributed by atoms with Crippen molar-refractivity contribution in [1.82, 2.24) is 4.90 Å². The molecule has 0 spiro atoms. The smallest absolute Gasteiger partial charge is 0.228 e. The van der Waals surface area contributed by atoms with E-state index in [0.717, 1.165) is 36.9 Å². The number of likely N-dealkylation sites (tertiary alicyclic amines) is 1. The van der Waals surface area contributed by atoms with Crippen LogP contribution in [0.15, 0.2) is 24.3 Å². The zero-order chi connectivity index (χ0) is 18.1. The summed E-state index contributed by atoms with van der Waals surface area (Å²) >= 11 is 0. The van der Waals surface area contributed by atoms with Crippen LogP contribution in [0.3, 0.4) is 0 Å². The third-order valence-corrected chi connectivity index (χ3v) is 6.46. The molecule has 5 nitrogen and oxygen atoms in total. The monoisotopic (exact) mass is 356 g/mol. The van der Waals surface area contributed by atoms with Crippen molar-refractivity contribution in [1.29, 1.82) is 0 Å². The van der Waals surface area contributed by atoms with Gasteiger partial charge in [-0.1, -0.05) is 19.3 Å². The van der Waals surface area contributed by atoms with E-state index in [1.807, 2.05) is 29.2 Å². The fraction of sp³-hybridized carbons (Fsp3) is 0.619. The van der Waals surface area contributed by atoms with Gasteiger partial charge in [0.15, 0.2) is 0 Å². The summed E-state index contributed by atoms with van der Waals surface area (Å²) < 4.78 is 5.18. The van der Waals surface area contributed by atoms with Crippen LogP contribution in [0.1, 0.15) is 38.5 Å². The van der Waals surface area contributed by atoms with Crippen LogP contribution in [-0.4, -0.2) is 43.5 Å². The van der Waals surface area contributed by atoms with Crippen LogP contribution in [0.25, 0.3) is 0 Å². The van der Waals surface area contributed by atoms with Crippen LogP contribution in [0, 0.1) is 17.8 Å². The fourth-order valence-electron chi connectivity index (χ4n) is 4.94. The van der Waals surface area contributed by atoms with Crippen LogP contribution in [-0.2, 0) is 9.59 Å². The Morgan fingerprint density at radius 2 is 1.77 bits per heavy atom. The number of fused-ring (bicyclic) bond motifs is 1. The summed E-state index contributed by atoms with van der Waals surface area (Å²) in [6.07, 6.45) is 6.71. The van der Waals surface area contributed by atoms with Gasteiger partial charge in [-0.05, 0) is 48.9 Å². The molecule has 3 unspecified atom stereocenters. The van der Waals surface area contributed by atoms with E-state index in [1.54, 1.807) is 12.0 Å². The number of hydrogen-bond donors (Lipinski definition) is 0. The molecule has 1 aliphatic carbocycles. The summed E-state index contributed by atoms with van der Waals surface area (Å²) in [7, 11) is 1.63. The number of anilines is 1. The van der Waals surface area contributed by atoms with Crippen molar-refractivity contribution in [3.63, 3.8) is 0 Å². The van der Waals surface area contributed by atoms with Gasteiger partial charge in [0, 0.05) is 31.7 Å². The molecule has 0 N–H and O–H groups in total. The molecule has 5 heteroatoms. The van der Waals surface area contributed by atoms with E-state index < -0.39 is 0 Å². The molecule has 0 aromatic heterocycles. The third-order valence-electron chi connectivity index (χ3n) is 6.46. The van der Waals surface area contributed by atoms with Gasteiger partial charge in [0.25, 0.3) is 0 Å². The highest BCUT2D eigenvalue weighted by Gasteiger charge is 2.40. The van der Waals surface area contributed by atoms with Crippen LogP contribution < -0.4 is 9.64 Å². The molecule has 2 heterocycles. The Morgan fingerprint density at radius 1 is 1.04 bits per heavy atom. The SMILES string of the molecule is COc1ccc(N2CC(C(=O)N3CCC4CCCCC4C3)CC2=O)cc1. The molecule has 2 amide bonds. The standard InChI is InChI=1S/C21H28N2O3/c1-26-19-8-6-18(7-9-19)23-14-17(12-20(23)24)21(25)22-11-10-15-4-2-3-5-16(15)13-22/h6-9,15-17H,2-5,10-14H2,1H3. The highest BCUT2D eigenvalue weighted by molar-refractivity contribution is 6.00. The molecule has 0 bridgehead atoms. The van der Waals surface area contributed by atoms with E-state index in [2.05, 4.69) is 0 Å². The number of nitrogens with zero attached hydrogens (tertiary/aromatic N) is 2. The lowest BCUT2D eigenvalue weighted by molar-refractivity contribution is -0.138. The minimum absolute atomic E-state index is 0.0427. The van der Waals surface area contributed by atoms with Crippen molar-refractivity contribution in [2.45, 2.75) is 38.5 Å². The molecule has 2 aliphatic heterocycles. The molecular formula is C21H28N2O3. The summed E-state index contributed by atoms with van der Waals surface area (Å²) in [5.41, 5.74) is 0.845. The predicted molar refractivity (Wildman–Crippen MR) is 100 cm³/mol. The van der Waals surface area contributed by atoms with Gasteiger partial charge >= 0.3 is 0 Å². The second kappa shape index (κ2) is 7.29. The van der Waals surface area contributed by atoms with Gasteiger partial charge in [-0.15, -0.1) is 0 Å². The highest BCUT2D eigenvalue weighted by Crippen LogP contribution is 2.37. The average molecular weight is 356 g/mol. The number of carbonyl (C=O) groups is 2. The molecule has 140 valence electrons. The normalized spacial score (nSPS) is 28.8. The maximum atomic E-state index is 13.0. The summed E-state index contributed by atoms with van der Waals surface area (Å²) in [6, 6.07) is 7.48. The van der Waals surface area contributed by atoms with Crippen molar-refractivity contribution >= 4 is 17.5 Å². The van der Waals surface area contributed by atoms with Crippen LogP contribution >= 0.6 is 0 Å². The summed E-state index contributed by atoms with van der Waals surface area (Å²) in [4.78, 5) is 29.3. The van der Waals surface area contributed by atoms with Crippen molar-refractivity contribution in [3.05, 3.63) is 24.3 Å². The van der Waals surface area contributed by atoms with Crippen molar-refractivity contribution in [3.8, 4) is 5.75 Å². The maximum absolute atomic E-state index is 13.0. The first-order valence-corrected chi connectivity index (χ1v) is 9.89. The largest absolute Gasteiger partial charge is 0.497 e. The molecule has 1 aromatic rings. The van der Waals surface area contributed by atoms with Gasteiger partial charge in [0.05, 0.1) is 13.0 Å². The Balaban J connectivity index is 1.40. The summed E-state index contributed by atoms with van der Waals surface area (Å²) in [6.45, 7) is 2.26. The van der Waals surface area contributed by atoms with Gasteiger partial charge in [-0.2, -0.15) is 0 Å². The minimum atomic E-state index is -0.204. The summed E-state index contributed by atoms with van der Waals surface area (Å²) in [5, 5.41) is 0. The number of methoxy groups -OCH3 is 1. The van der Waals surface area contributed by atoms with Crippen LogP contribution in [0.4, 0.5) is 5.69 Å². The number of amides is 2. The van der Waals surface area contributed by atoms with Gasteiger partial charge in [0.2, 0.25) is 11.8 Å². The lowest BCUT2D eigenvalue weighted by Gasteiger charge is -2.42. The van der Waals surface area contributed by atoms with E-state index in [4.69, 9.17) is 4.74 Å². The highest BCUT2D eigenvalue weighted by atomic mass is 16.5. The molecule has 4 rings (SSSR count). The second-order valence-corrected chi connectivity index (χ2v) is 7.98. The molecule has 3 atom stereocenters. The molecule has 3 aliphatic rings. The molecule has 2 saturated heterocycles. The number of piperidine rings is 1. The lowest BCUT2D eigenvalue weighted by Crippen LogP contribution is -2.47. The fourth-order valence-corrected chi connectivity index (χ4v) is 4.94. The van der Waals surface area contributed by atoms with E-state index in [1.165, 1.54) is 25.7 Å². The molecule has 26 heavy (non-hydrogen) atoms. The van der Waals surface area contributed by atoms with Gasteiger partial charge in [-0.3, -0.25) is 9.59 Å². The first kappa shape index (κ1) is 17.4. The van der Waals surface area contributed by atoms with Gasteiger partial charge in [-0.25, -0.2) is 0 Å². The van der Waals surface area contributed by atoms with Gasteiger partial charge in [0.1, 0.15) is 5.75 Å². The second-order valence-electron chi connectivity index (χ2n) is 7.98. The lowest BCUT2D eigenvalue weighted by atomic mass is 9.75. The van der Waals surface area contributed by atoms with Crippen molar-refractivity contribution in [2.24, 2.45) is 17.8 Å². The third kappa shape index (κ3) is 3.31. The van der Waals surface area contributed by atoms with Crippen molar-refractivity contribution in [2.75, 3.05) is 31.6 Å². The molecule has 1 saturated carbocycles. The van der Waals surface area contributed by atoms with Crippen molar-refractivity contribution < 1.29 is 14.3 Å². The molecule has 3 fully saturated rings. The molecule has 1 aromatic carbocycles. The maximum Gasteiger partial charge on any atom is 0.228 e. The van der Waals surface area contributed by atoms with Gasteiger partial charge < -0.3 is 14.5 Å². The van der Waals surface area contributed by atoms with E-state index in [9.17, 15) is 9.59 Å². The number of hydrogen-bond acceptors (Lipinski definition) is 3. The van der Waals surface area contributed by atoms with E-state index in [-0.39, 0.29) is 17.7 Å². The molecule has 0 radical (unpaired) electrons.